The summed E-state index contributed by atoms with van der Waals surface area (Å²) in [6.45, 7) is 3.48. The van der Waals surface area contributed by atoms with E-state index in [0.29, 0.717) is 22.5 Å². The Morgan fingerprint density at radius 3 is 2.32 bits per heavy atom. The molecule has 1 saturated heterocycles. The van der Waals surface area contributed by atoms with E-state index in [9.17, 15) is 14.4 Å². The lowest BCUT2D eigenvalue weighted by Crippen LogP contribution is -2.46. The third kappa shape index (κ3) is 2.47. The maximum Gasteiger partial charge on any atom is 0.247 e. The number of nitrogens with zero attached hydrogens (tertiary/aromatic N) is 1. The number of hydrogen-bond donors (Lipinski definition) is 1. The Labute approximate surface area is 176 Å². The molecule has 2 bridgehead atoms. The third-order valence-electron chi connectivity index (χ3n) is 6.99. The van der Waals surface area contributed by atoms with Crippen molar-refractivity contribution in [1.82, 2.24) is 4.90 Å². The Bertz CT molecular complexity index is 925. The van der Waals surface area contributed by atoms with Crippen molar-refractivity contribution in [3.05, 3.63) is 39.3 Å². The van der Waals surface area contributed by atoms with Gasteiger partial charge in [-0.15, -0.1) is 0 Å². The van der Waals surface area contributed by atoms with Crippen LogP contribution in [0, 0.1) is 42.4 Å². The average molecular weight is 464 g/mol. The van der Waals surface area contributed by atoms with Crippen molar-refractivity contribution >= 4 is 50.9 Å². The van der Waals surface area contributed by atoms with Crippen molar-refractivity contribution in [2.45, 2.75) is 26.3 Å². The Kier molecular flexibility index (Phi) is 4.05. The number of hydrogen-bond acceptors (Lipinski definition) is 3. The fourth-order valence-corrected chi connectivity index (χ4v) is 6.12. The normalized spacial score (nSPS) is 35.6. The number of carbonyl (C=O) groups is 3. The molecule has 28 heavy (non-hydrogen) atoms. The van der Waals surface area contributed by atoms with Gasteiger partial charge in [0.25, 0.3) is 0 Å². The summed E-state index contributed by atoms with van der Waals surface area (Å²) in [5.41, 5.74) is 1.41. The van der Waals surface area contributed by atoms with E-state index in [4.69, 9.17) is 11.6 Å². The minimum absolute atomic E-state index is 0.157. The first kappa shape index (κ1) is 18.4. The Morgan fingerprint density at radius 2 is 1.75 bits per heavy atom. The molecule has 5 aliphatic rings. The molecule has 7 atom stereocenters. The number of nitrogens with one attached hydrogen (secondary N) is 1. The molecule has 5 nitrogen and oxygen atoms in total. The second-order valence-electron chi connectivity index (χ2n) is 8.45. The van der Waals surface area contributed by atoms with Gasteiger partial charge in [0.05, 0.1) is 16.9 Å². The van der Waals surface area contributed by atoms with Crippen LogP contribution in [0.1, 0.15) is 18.9 Å². The first-order valence-corrected chi connectivity index (χ1v) is 10.8. The van der Waals surface area contributed by atoms with Crippen LogP contribution >= 0.6 is 27.5 Å². The van der Waals surface area contributed by atoms with Crippen LogP contribution in [-0.4, -0.2) is 28.7 Å². The lowest BCUT2D eigenvalue weighted by Gasteiger charge is -2.37. The van der Waals surface area contributed by atoms with Crippen molar-refractivity contribution in [3.8, 4) is 0 Å². The highest BCUT2D eigenvalue weighted by molar-refractivity contribution is 9.10. The molecular formula is C21H20BrClN2O3. The average Bonchev–Trinajstić information content (AvgIpc) is 3.43. The van der Waals surface area contributed by atoms with E-state index in [1.54, 1.807) is 13.0 Å². The van der Waals surface area contributed by atoms with E-state index >= 15 is 0 Å². The van der Waals surface area contributed by atoms with Crippen molar-refractivity contribution in [2.24, 2.45) is 35.5 Å². The first-order chi connectivity index (χ1) is 13.3. The summed E-state index contributed by atoms with van der Waals surface area (Å²) in [4.78, 5) is 40.3. The predicted molar refractivity (Wildman–Crippen MR) is 109 cm³/mol. The van der Waals surface area contributed by atoms with E-state index < -0.39 is 6.04 Å². The molecule has 7 heteroatoms. The van der Waals surface area contributed by atoms with Crippen molar-refractivity contribution < 1.29 is 14.4 Å². The van der Waals surface area contributed by atoms with Gasteiger partial charge in [-0.25, -0.2) is 0 Å². The number of rotatable bonds is 3. The Hall–Kier alpha value is -1.66. The molecule has 3 amide bonds. The smallest absolute Gasteiger partial charge is 0.247 e. The predicted octanol–water partition coefficient (Wildman–Crippen LogP) is 3.79. The van der Waals surface area contributed by atoms with Gasteiger partial charge in [0, 0.05) is 10.2 Å². The molecule has 1 aromatic rings. The fraction of sp³-hybridized carbons (Fsp3) is 0.476. The van der Waals surface area contributed by atoms with Gasteiger partial charge in [0.1, 0.15) is 6.04 Å². The monoisotopic (exact) mass is 462 g/mol. The number of halogens is 2. The molecule has 4 aliphatic carbocycles. The summed E-state index contributed by atoms with van der Waals surface area (Å²) in [5, 5.41) is 3.31. The number of aryl methyl sites for hydroxylation is 1. The zero-order chi connectivity index (χ0) is 19.9. The number of anilines is 1. The van der Waals surface area contributed by atoms with Crippen LogP contribution in [0.3, 0.4) is 0 Å². The molecule has 146 valence electrons. The highest BCUT2D eigenvalue weighted by Gasteiger charge is 2.67. The Balaban J connectivity index is 1.38. The number of carbonyl (C=O) groups excluding carboxylic acids is 3. The summed E-state index contributed by atoms with van der Waals surface area (Å²) >= 11 is 9.50. The maximum atomic E-state index is 13.1. The third-order valence-corrected chi connectivity index (χ3v) is 8.19. The number of allylic oxidation sites excluding steroid dienone is 2. The highest BCUT2D eigenvalue weighted by Crippen LogP contribution is 2.65. The van der Waals surface area contributed by atoms with E-state index in [2.05, 4.69) is 33.4 Å². The zero-order valence-corrected chi connectivity index (χ0v) is 17.8. The van der Waals surface area contributed by atoms with E-state index in [1.165, 1.54) is 4.90 Å². The van der Waals surface area contributed by atoms with Gasteiger partial charge in [-0.2, -0.15) is 0 Å². The van der Waals surface area contributed by atoms with Crippen LogP contribution in [0.2, 0.25) is 5.02 Å². The van der Waals surface area contributed by atoms with Gasteiger partial charge in [-0.3, -0.25) is 19.3 Å². The summed E-state index contributed by atoms with van der Waals surface area (Å²) < 4.78 is 0.744. The van der Waals surface area contributed by atoms with Crippen molar-refractivity contribution in [3.63, 3.8) is 0 Å². The molecule has 2 saturated carbocycles. The van der Waals surface area contributed by atoms with Crippen LogP contribution in [0.4, 0.5) is 5.69 Å². The summed E-state index contributed by atoms with van der Waals surface area (Å²) in [7, 11) is 0. The van der Waals surface area contributed by atoms with Gasteiger partial charge in [-0.05, 0) is 77.6 Å². The number of benzene rings is 1. The molecule has 3 fully saturated rings. The molecule has 0 unspecified atom stereocenters. The van der Waals surface area contributed by atoms with Crippen LogP contribution in [0.5, 0.6) is 0 Å². The molecule has 1 N–H and O–H groups in total. The van der Waals surface area contributed by atoms with Crippen LogP contribution in [-0.2, 0) is 14.4 Å². The summed E-state index contributed by atoms with van der Waals surface area (Å²) in [5.74, 6) is 0.0756. The fourth-order valence-electron chi connectivity index (χ4n) is 5.50. The van der Waals surface area contributed by atoms with E-state index in [0.717, 1.165) is 16.5 Å². The number of imide groups is 1. The van der Waals surface area contributed by atoms with Crippen LogP contribution in [0.25, 0.3) is 0 Å². The van der Waals surface area contributed by atoms with Crippen LogP contribution in [0.15, 0.2) is 28.8 Å². The second-order valence-corrected chi connectivity index (χ2v) is 9.71. The Morgan fingerprint density at radius 1 is 1.18 bits per heavy atom. The standard InChI is InChI=1S/C21H20BrClN2O3/c1-8-5-14(22)15(23)7-16(8)24-19(26)9(2)25-20(27)17-10-3-4-11(13-6-12(10)13)18(17)21(25)28/h3-5,7,9-13,17-18H,6H2,1-2H3,(H,24,26)/t9-,10-,11-,12-,13-,17+,18+/m0/s1. The molecule has 1 heterocycles. The summed E-state index contributed by atoms with van der Waals surface area (Å²) in [6.07, 6.45) is 5.38. The number of likely N-dealkylation sites (tertiary alicyclic amines) is 1. The molecule has 0 spiro atoms. The lowest BCUT2D eigenvalue weighted by atomic mass is 9.63. The second kappa shape index (κ2) is 6.17. The number of amides is 3. The molecule has 0 aromatic heterocycles. The van der Waals surface area contributed by atoms with Crippen molar-refractivity contribution in [2.75, 3.05) is 5.32 Å². The lowest BCUT2D eigenvalue weighted by molar-refractivity contribution is -0.146. The van der Waals surface area contributed by atoms with Gasteiger partial charge in [0.2, 0.25) is 17.7 Å². The SMILES string of the molecule is Cc1cc(Br)c(Cl)cc1NC(=O)[C@H](C)N1C(=O)[C@@H]2[C@H]3C=C[C@@H]([C@@H]4C[C@@H]34)[C@H]2C1=O. The highest BCUT2D eigenvalue weighted by atomic mass is 79.9. The van der Waals surface area contributed by atoms with Gasteiger partial charge in [-0.1, -0.05) is 23.8 Å². The minimum Gasteiger partial charge on any atom is -0.324 e. The molecule has 0 radical (unpaired) electrons. The topological polar surface area (TPSA) is 66.5 Å². The quantitative estimate of drug-likeness (QED) is 0.548. The minimum atomic E-state index is -0.858. The van der Waals surface area contributed by atoms with Crippen molar-refractivity contribution in [1.29, 1.82) is 0 Å². The van der Waals surface area contributed by atoms with Gasteiger partial charge in [0.15, 0.2) is 0 Å². The maximum absolute atomic E-state index is 13.1. The van der Waals surface area contributed by atoms with Crippen LogP contribution < -0.4 is 5.32 Å². The summed E-state index contributed by atoms with van der Waals surface area (Å²) in [6, 6.07) is 2.62. The molecular weight excluding hydrogens is 444 g/mol. The molecule has 1 aliphatic heterocycles. The van der Waals surface area contributed by atoms with E-state index in [1.807, 2.05) is 13.0 Å². The van der Waals surface area contributed by atoms with E-state index in [-0.39, 0.29) is 41.4 Å². The first-order valence-electron chi connectivity index (χ1n) is 9.61. The van der Waals surface area contributed by atoms with Gasteiger partial charge >= 0.3 is 0 Å². The van der Waals surface area contributed by atoms with Gasteiger partial charge < -0.3 is 5.32 Å². The largest absolute Gasteiger partial charge is 0.324 e. The molecule has 1 aromatic carbocycles. The molecule has 6 rings (SSSR count). The zero-order valence-electron chi connectivity index (χ0n) is 15.5.